The van der Waals surface area contributed by atoms with Gasteiger partial charge >= 0.3 is 5.97 Å². The SMILES string of the molecule is CC/C=C\C/C=C\C/C=C\C/C=C\C/C=C\CCCCCC(=O)OC(CCCCCCCCCCCCCCCCC)CC(=O)NC(CO)C(O)CCCCCCCCCCCCCCCCCC. The number of rotatable bonds is 54. The van der Waals surface area contributed by atoms with Gasteiger partial charge in [-0.15, -0.1) is 0 Å². The van der Waals surface area contributed by atoms with E-state index in [4.69, 9.17) is 4.74 Å². The van der Waals surface area contributed by atoms with Crippen LogP contribution >= 0.6 is 0 Å². The lowest BCUT2D eigenvalue weighted by Crippen LogP contribution is -2.46. The van der Waals surface area contributed by atoms with Gasteiger partial charge < -0.3 is 20.3 Å². The Balaban J connectivity index is 4.58. The van der Waals surface area contributed by atoms with Gasteiger partial charge in [-0.2, -0.15) is 0 Å². The maximum atomic E-state index is 13.3. The van der Waals surface area contributed by atoms with Crippen molar-refractivity contribution in [2.24, 2.45) is 0 Å². The van der Waals surface area contributed by atoms with Crippen LogP contribution in [0.1, 0.15) is 303 Å². The molecule has 0 bridgehead atoms. The van der Waals surface area contributed by atoms with Crippen LogP contribution in [0.2, 0.25) is 0 Å². The highest BCUT2D eigenvalue weighted by Gasteiger charge is 2.24. The molecule has 3 N–H and O–H groups in total. The summed E-state index contributed by atoms with van der Waals surface area (Å²) in [5, 5.41) is 23.9. The quantitative estimate of drug-likeness (QED) is 0.0321. The minimum absolute atomic E-state index is 0.0662. The van der Waals surface area contributed by atoms with Crippen LogP contribution < -0.4 is 5.32 Å². The van der Waals surface area contributed by atoms with E-state index in [0.717, 1.165) is 89.9 Å². The molecule has 0 aliphatic rings. The van der Waals surface area contributed by atoms with E-state index in [1.54, 1.807) is 0 Å². The third-order valence-electron chi connectivity index (χ3n) is 13.6. The van der Waals surface area contributed by atoms with Gasteiger partial charge in [-0.3, -0.25) is 9.59 Å². The fraction of sp³-hybridized carbons (Fsp3) is 0.810. The van der Waals surface area contributed by atoms with Crippen molar-refractivity contribution in [2.45, 2.75) is 322 Å². The average Bonchev–Trinajstić information content (AvgIpc) is 3.34. The summed E-state index contributed by atoms with van der Waals surface area (Å²) in [5.41, 5.74) is 0. The van der Waals surface area contributed by atoms with Crippen molar-refractivity contribution >= 4 is 11.9 Å². The molecule has 0 fully saturated rings. The number of ether oxygens (including phenoxy) is 1. The molecule has 402 valence electrons. The van der Waals surface area contributed by atoms with Crippen LogP contribution in [0.4, 0.5) is 0 Å². The smallest absolute Gasteiger partial charge is 0.306 e. The van der Waals surface area contributed by atoms with Gasteiger partial charge in [0, 0.05) is 6.42 Å². The summed E-state index contributed by atoms with van der Waals surface area (Å²) >= 11 is 0. The molecule has 6 heteroatoms. The topological polar surface area (TPSA) is 95.9 Å². The lowest BCUT2D eigenvalue weighted by molar-refractivity contribution is -0.151. The lowest BCUT2D eigenvalue weighted by atomic mass is 10.0. The normalized spacial score (nSPS) is 13.5. The van der Waals surface area contributed by atoms with Crippen molar-refractivity contribution in [2.75, 3.05) is 6.61 Å². The molecule has 0 aromatic carbocycles. The summed E-state index contributed by atoms with van der Waals surface area (Å²) in [5.74, 6) is -0.498. The number of esters is 1. The second-order valence-electron chi connectivity index (χ2n) is 20.4. The van der Waals surface area contributed by atoms with Crippen molar-refractivity contribution in [3.8, 4) is 0 Å². The van der Waals surface area contributed by atoms with Gasteiger partial charge in [0.2, 0.25) is 5.91 Å². The Morgan fingerprint density at radius 1 is 0.435 bits per heavy atom. The van der Waals surface area contributed by atoms with Crippen molar-refractivity contribution in [1.29, 1.82) is 0 Å². The maximum absolute atomic E-state index is 13.3. The summed E-state index contributed by atoms with van der Waals surface area (Å²) < 4.78 is 5.96. The van der Waals surface area contributed by atoms with Crippen LogP contribution in [0, 0.1) is 0 Å². The number of unbranched alkanes of at least 4 members (excludes halogenated alkanes) is 32. The molecule has 0 rings (SSSR count). The first kappa shape index (κ1) is 66.6. The Kier molecular flexibility index (Phi) is 54.5. The minimum atomic E-state index is -0.795. The predicted molar refractivity (Wildman–Crippen MR) is 301 cm³/mol. The molecule has 0 aromatic heterocycles. The molecule has 0 radical (unpaired) electrons. The zero-order valence-corrected chi connectivity index (χ0v) is 45.9. The van der Waals surface area contributed by atoms with Crippen molar-refractivity contribution in [1.82, 2.24) is 5.32 Å². The predicted octanol–water partition coefficient (Wildman–Crippen LogP) is 18.7. The highest BCUT2D eigenvalue weighted by molar-refractivity contribution is 5.77. The molecule has 3 unspecified atom stereocenters. The van der Waals surface area contributed by atoms with Crippen molar-refractivity contribution in [3.05, 3.63) is 60.8 Å². The summed E-state index contributed by atoms with van der Waals surface area (Å²) in [4.78, 5) is 26.3. The Hall–Kier alpha value is -2.44. The van der Waals surface area contributed by atoms with Crippen LogP contribution in [0.15, 0.2) is 60.8 Å². The number of amides is 1. The number of aliphatic hydroxyl groups excluding tert-OH is 2. The van der Waals surface area contributed by atoms with Gasteiger partial charge in [-0.25, -0.2) is 0 Å². The molecule has 1 amide bonds. The third-order valence-corrected chi connectivity index (χ3v) is 13.6. The fourth-order valence-electron chi connectivity index (χ4n) is 9.11. The molecule has 6 nitrogen and oxygen atoms in total. The number of aliphatic hydroxyl groups is 2. The highest BCUT2D eigenvalue weighted by atomic mass is 16.5. The Bertz CT molecular complexity index is 1220. The number of hydrogen-bond donors (Lipinski definition) is 3. The van der Waals surface area contributed by atoms with E-state index in [9.17, 15) is 19.8 Å². The lowest BCUT2D eigenvalue weighted by Gasteiger charge is -2.24. The number of carbonyl (C=O) groups is 2. The molecule has 0 aromatic rings. The zero-order chi connectivity index (χ0) is 50.2. The van der Waals surface area contributed by atoms with E-state index in [2.05, 4.69) is 86.8 Å². The zero-order valence-electron chi connectivity index (χ0n) is 45.9. The third kappa shape index (κ3) is 51.7. The summed E-state index contributed by atoms with van der Waals surface area (Å²) in [6.45, 7) is 6.40. The molecule has 69 heavy (non-hydrogen) atoms. The maximum Gasteiger partial charge on any atom is 0.306 e. The van der Waals surface area contributed by atoms with Crippen LogP contribution in [-0.4, -0.2) is 46.9 Å². The number of allylic oxidation sites excluding steroid dienone is 10. The van der Waals surface area contributed by atoms with Gasteiger partial charge in [-0.1, -0.05) is 281 Å². The standard InChI is InChI=1S/C63H115NO5/c1-4-7-10-13-16-19-22-25-28-30-31-32-35-38-41-44-47-50-53-56-63(68)69-59(54-51-48-45-42-39-36-33-27-24-21-18-15-12-9-6-3)57-62(67)64-60(58-65)61(66)55-52-49-46-43-40-37-34-29-26-23-20-17-14-11-8-5-2/h7,10,16,19,25,28,31-32,38,41,59-61,65-66H,4-6,8-9,11-15,17-18,20-24,26-27,29-30,33-37,39-40,42-58H2,1-3H3,(H,64,67)/b10-7-,19-16-,28-25-,32-31-,41-38-. The van der Waals surface area contributed by atoms with Gasteiger partial charge in [0.15, 0.2) is 0 Å². The first-order valence-corrected chi connectivity index (χ1v) is 30.0. The Labute approximate surface area is 428 Å². The Morgan fingerprint density at radius 3 is 1.17 bits per heavy atom. The largest absolute Gasteiger partial charge is 0.462 e. The van der Waals surface area contributed by atoms with Crippen LogP contribution in [0.3, 0.4) is 0 Å². The van der Waals surface area contributed by atoms with Crippen molar-refractivity contribution in [3.63, 3.8) is 0 Å². The van der Waals surface area contributed by atoms with Crippen LogP contribution in [0.25, 0.3) is 0 Å². The molecule has 0 saturated carbocycles. The average molecular weight is 967 g/mol. The van der Waals surface area contributed by atoms with Gasteiger partial charge in [-0.05, 0) is 70.6 Å². The highest BCUT2D eigenvalue weighted by Crippen LogP contribution is 2.19. The van der Waals surface area contributed by atoms with Gasteiger partial charge in [0.1, 0.15) is 6.10 Å². The molecule has 0 saturated heterocycles. The summed E-state index contributed by atoms with van der Waals surface area (Å²) in [6, 6.07) is -0.709. The van der Waals surface area contributed by atoms with Crippen LogP contribution in [-0.2, 0) is 14.3 Å². The van der Waals surface area contributed by atoms with E-state index in [1.807, 2.05) is 0 Å². The van der Waals surface area contributed by atoms with Gasteiger partial charge in [0.25, 0.3) is 0 Å². The van der Waals surface area contributed by atoms with E-state index in [1.165, 1.54) is 167 Å². The van der Waals surface area contributed by atoms with Gasteiger partial charge in [0.05, 0.1) is 25.2 Å². The summed E-state index contributed by atoms with van der Waals surface area (Å²) in [6.07, 6.45) is 71.4. The number of hydrogen-bond acceptors (Lipinski definition) is 5. The first-order chi connectivity index (χ1) is 34.0. The van der Waals surface area contributed by atoms with Crippen molar-refractivity contribution < 1.29 is 24.5 Å². The summed E-state index contributed by atoms with van der Waals surface area (Å²) in [7, 11) is 0. The van der Waals surface area contributed by atoms with E-state index < -0.39 is 18.2 Å². The molecule has 0 aliphatic heterocycles. The van der Waals surface area contributed by atoms with Crippen LogP contribution in [0.5, 0.6) is 0 Å². The minimum Gasteiger partial charge on any atom is -0.462 e. The second kappa shape index (κ2) is 56.5. The first-order valence-electron chi connectivity index (χ1n) is 30.0. The molecule has 0 spiro atoms. The molecule has 0 heterocycles. The monoisotopic (exact) mass is 966 g/mol. The van der Waals surface area contributed by atoms with E-state index in [-0.39, 0.29) is 24.9 Å². The fourth-order valence-corrected chi connectivity index (χ4v) is 9.11. The Morgan fingerprint density at radius 2 is 0.783 bits per heavy atom. The molecular weight excluding hydrogens is 851 g/mol. The number of nitrogens with one attached hydrogen (secondary N) is 1. The molecular formula is C63H115NO5. The molecule has 3 atom stereocenters. The molecule has 0 aliphatic carbocycles. The number of carbonyl (C=O) groups excluding carboxylic acids is 2. The van der Waals surface area contributed by atoms with E-state index in [0.29, 0.717) is 19.3 Å². The second-order valence-corrected chi connectivity index (χ2v) is 20.4. The van der Waals surface area contributed by atoms with E-state index >= 15 is 0 Å².